The zero-order valence-corrected chi connectivity index (χ0v) is 23.5. The quantitative estimate of drug-likeness (QED) is 0.203. The number of hydrogen-bond acceptors (Lipinski definition) is 2. The molecule has 0 amide bonds. The Morgan fingerprint density at radius 3 is 1.87 bits per heavy atom. The first-order valence-electron chi connectivity index (χ1n) is 13.3. The summed E-state index contributed by atoms with van der Waals surface area (Å²) in [4.78, 5) is 2.19. The third kappa shape index (κ3) is 5.87. The van der Waals surface area contributed by atoms with Crippen molar-refractivity contribution in [1.82, 2.24) is 0 Å². The van der Waals surface area contributed by atoms with Crippen LogP contribution in [-0.2, 0) is 0 Å². The molecule has 192 valence electrons. The largest absolute Gasteiger partial charge is 0.345 e. The number of fused-ring (bicyclic) bond motifs is 3. The zero-order chi connectivity index (χ0) is 27.0. The second-order valence-corrected chi connectivity index (χ2v) is 10.4. The third-order valence-corrected chi connectivity index (χ3v) is 8.10. The second kappa shape index (κ2) is 12.4. The molecule has 1 heterocycles. The summed E-state index contributed by atoms with van der Waals surface area (Å²) in [5, 5.41) is 2.72. The van der Waals surface area contributed by atoms with Crippen molar-refractivity contribution in [2.45, 2.75) is 13.8 Å². The zero-order valence-electron chi connectivity index (χ0n) is 22.7. The van der Waals surface area contributed by atoms with Gasteiger partial charge in [0.1, 0.15) is 0 Å². The van der Waals surface area contributed by atoms with E-state index in [4.69, 9.17) is 0 Å². The van der Waals surface area contributed by atoms with Gasteiger partial charge in [-0.25, -0.2) is 0 Å². The maximum atomic E-state index is 2.22. The SMILES string of the molecule is C/C=C\C(=C/C)c1cccc2c1sc1ccccc12.CN(c1ccccc1)c1ccc(-c2ccccc2)cc1. The van der Waals surface area contributed by atoms with E-state index in [9.17, 15) is 0 Å². The molecule has 0 saturated carbocycles. The molecule has 39 heavy (non-hydrogen) atoms. The number of para-hydroxylation sites is 1. The van der Waals surface area contributed by atoms with Crippen molar-refractivity contribution >= 4 is 48.5 Å². The molecule has 1 nitrogen and oxygen atoms in total. The van der Waals surface area contributed by atoms with E-state index in [1.54, 1.807) is 0 Å². The van der Waals surface area contributed by atoms with Gasteiger partial charge < -0.3 is 4.90 Å². The lowest BCUT2D eigenvalue weighted by atomic mass is 10.0. The summed E-state index contributed by atoms with van der Waals surface area (Å²) in [7, 11) is 2.09. The van der Waals surface area contributed by atoms with Crippen LogP contribution < -0.4 is 4.90 Å². The third-order valence-electron chi connectivity index (χ3n) is 6.88. The Labute approximate surface area is 236 Å². The molecule has 0 spiro atoms. The summed E-state index contributed by atoms with van der Waals surface area (Å²) in [6, 6.07) is 44.7. The Hall–Kier alpha value is -4.40. The Bertz CT molecular complexity index is 1710. The van der Waals surface area contributed by atoms with Crippen LogP contribution in [0.25, 0.3) is 36.9 Å². The molecule has 0 aliphatic carbocycles. The van der Waals surface area contributed by atoms with Gasteiger partial charge in [0.25, 0.3) is 0 Å². The number of anilines is 2. The average Bonchev–Trinajstić information content (AvgIpc) is 3.40. The van der Waals surface area contributed by atoms with Crippen LogP contribution in [0.4, 0.5) is 11.4 Å². The molecule has 0 atom stereocenters. The highest BCUT2D eigenvalue weighted by molar-refractivity contribution is 7.26. The minimum atomic E-state index is 1.19. The van der Waals surface area contributed by atoms with Gasteiger partial charge in [-0.05, 0) is 66.4 Å². The number of allylic oxidation sites excluding steroid dienone is 4. The molecule has 0 unspecified atom stereocenters. The van der Waals surface area contributed by atoms with Crippen molar-refractivity contribution < 1.29 is 0 Å². The van der Waals surface area contributed by atoms with Gasteiger partial charge in [0, 0.05) is 38.6 Å². The molecule has 0 aliphatic rings. The highest BCUT2D eigenvalue weighted by Gasteiger charge is 2.09. The van der Waals surface area contributed by atoms with Gasteiger partial charge in [-0.15, -0.1) is 11.3 Å². The summed E-state index contributed by atoms with van der Waals surface area (Å²) in [5.41, 5.74) is 7.51. The van der Waals surface area contributed by atoms with E-state index >= 15 is 0 Å². The molecule has 5 aromatic carbocycles. The standard InChI is InChI=1S/C19H17N.C18H16S/c1-20(18-10-6-3-7-11-18)19-14-12-17(13-15-19)16-8-4-2-5-9-16;1-3-8-13(4-2)14-10-7-11-16-15-9-5-6-12-17(15)19-18(14)16/h2-15H,1H3;3-12H,1-2H3/b;8-3-,13-4+. The summed E-state index contributed by atoms with van der Waals surface area (Å²) in [6.45, 7) is 4.16. The Kier molecular flexibility index (Phi) is 8.36. The van der Waals surface area contributed by atoms with E-state index in [0.29, 0.717) is 0 Å². The van der Waals surface area contributed by atoms with Crippen molar-refractivity contribution in [2.75, 3.05) is 11.9 Å². The molecule has 0 N–H and O–H groups in total. The van der Waals surface area contributed by atoms with Crippen molar-refractivity contribution in [3.8, 4) is 11.1 Å². The van der Waals surface area contributed by atoms with Crippen molar-refractivity contribution in [1.29, 1.82) is 0 Å². The molecule has 0 fully saturated rings. The van der Waals surface area contributed by atoms with Crippen molar-refractivity contribution in [3.63, 3.8) is 0 Å². The lowest BCUT2D eigenvalue weighted by Crippen LogP contribution is -2.08. The minimum Gasteiger partial charge on any atom is -0.345 e. The lowest BCUT2D eigenvalue weighted by Gasteiger charge is -2.19. The van der Waals surface area contributed by atoms with Crippen LogP contribution in [0.5, 0.6) is 0 Å². The summed E-state index contributed by atoms with van der Waals surface area (Å²) >= 11 is 1.88. The van der Waals surface area contributed by atoms with E-state index < -0.39 is 0 Å². The molecule has 6 aromatic rings. The van der Waals surface area contributed by atoms with E-state index in [0.717, 1.165) is 0 Å². The van der Waals surface area contributed by atoms with Gasteiger partial charge in [-0.2, -0.15) is 0 Å². The molecular weight excluding hydrogens is 490 g/mol. The van der Waals surface area contributed by atoms with Gasteiger partial charge in [-0.3, -0.25) is 0 Å². The van der Waals surface area contributed by atoms with Crippen molar-refractivity contribution in [3.05, 3.63) is 151 Å². The number of benzene rings is 5. The van der Waals surface area contributed by atoms with E-state index in [2.05, 4.69) is 159 Å². The summed E-state index contributed by atoms with van der Waals surface area (Å²) in [6.07, 6.45) is 6.46. The van der Waals surface area contributed by atoms with Crippen molar-refractivity contribution in [2.24, 2.45) is 0 Å². The summed E-state index contributed by atoms with van der Waals surface area (Å²) in [5.74, 6) is 0. The monoisotopic (exact) mass is 523 g/mol. The van der Waals surface area contributed by atoms with Crippen LogP contribution in [-0.4, -0.2) is 7.05 Å². The Balaban J connectivity index is 0.000000158. The smallest absolute Gasteiger partial charge is 0.0433 e. The van der Waals surface area contributed by atoms with Crippen LogP contribution in [0, 0.1) is 0 Å². The molecule has 0 aliphatic heterocycles. The predicted octanol–water partition coefficient (Wildman–Crippen LogP) is 11.2. The van der Waals surface area contributed by atoms with Gasteiger partial charge >= 0.3 is 0 Å². The molecule has 2 heteroatoms. The van der Waals surface area contributed by atoms with E-state index in [1.165, 1.54) is 53.8 Å². The van der Waals surface area contributed by atoms with Crippen LogP contribution in [0.2, 0.25) is 0 Å². The number of nitrogens with zero attached hydrogens (tertiary/aromatic N) is 1. The Morgan fingerprint density at radius 1 is 0.590 bits per heavy atom. The number of rotatable bonds is 5. The summed E-state index contributed by atoms with van der Waals surface area (Å²) < 4.78 is 2.75. The molecular formula is C37H33NS. The number of thiophene rings is 1. The number of hydrogen-bond donors (Lipinski definition) is 0. The molecule has 0 bridgehead atoms. The van der Waals surface area contributed by atoms with Gasteiger partial charge in [0.05, 0.1) is 0 Å². The first kappa shape index (κ1) is 26.2. The minimum absolute atomic E-state index is 1.19. The van der Waals surface area contributed by atoms with Gasteiger partial charge in [0.2, 0.25) is 0 Å². The van der Waals surface area contributed by atoms with Crippen LogP contribution in [0.15, 0.2) is 146 Å². The molecule has 1 aromatic heterocycles. The Morgan fingerprint density at radius 2 is 1.18 bits per heavy atom. The fraction of sp³-hybridized carbons (Fsp3) is 0.0811. The fourth-order valence-electron chi connectivity index (χ4n) is 4.80. The van der Waals surface area contributed by atoms with E-state index in [-0.39, 0.29) is 0 Å². The molecule has 0 radical (unpaired) electrons. The highest BCUT2D eigenvalue weighted by Crippen LogP contribution is 2.38. The maximum absolute atomic E-state index is 2.22. The molecule has 6 rings (SSSR count). The predicted molar refractivity (Wildman–Crippen MR) is 174 cm³/mol. The van der Waals surface area contributed by atoms with Crippen LogP contribution in [0.3, 0.4) is 0 Å². The van der Waals surface area contributed by atoms with Gasteiger partial charge in [0.15, 0.2) is 0 Å². The lowest BCUT2D eigenvalue weighted by molar-refractivity contribution is 1.21. The molecule has 0 saturated heterocycles. The van der Waals surface area contributed by atoms with Gasteiger partial charge in [-0.1, -0.05) is 115 Å². The highest BCUT2D eigenvalue weighted by atomic mass is 32.1. The van der Waals surface area contributed by atoms with E-state index in [1.807, 2.05) is 23.5 Å². The second-order valence-electron chi connectivity index (χ2n) is 9.33. The first-order chi connectivity index (χ1) is 19.2. The topological polar surface area (TPSA) is 3.24 Å². The fourth-order valence-corrected chi connectivity index (χ4v) is 6.04. The first-order valence-corrected chi connectivity index (χ1v) is 14.1. The normalized spacial score (nSPS) is 11.5. The maximum Gasteiger partial charge on any atom is 0.0433 e. The van der Waals surface area contributed by atoms with Crippen LogP contribution >= 0.6 is 11.3 Å². The van der Waals surface area contributed by atoms with Crippen LogP contribution in [0.1, 0.15) is 19.4 Å². The average molecular weight is 524 g/mol.